The topological polar surface area (TPSA) is 55.3 Å². The highest BCUT2D eigenvalue weighted by Crippen LogP contribution is 2.39. The number of hydrogen-bond donors (Lipinski definition) is 0. The molecule has 0 aliphatic rings. The molecule has 0 fully saturated rings. The zero-order valence-electron chi connectivity index (χ0n) is 33.2. The first-order chi connectivity index (χ1) is 28.1. The number of anilines is 3. The summed E-state index contributed by atoms with van der Waals surface area (Å²) in [4.78, 5) is 10.9. The van der Waals surface area contributed by atoms with Crippen LogP contribution in [-0.4, -0.2) is 9.97 Å². The molecule has 0 saturated carbocycles. The monoisotopic (exact) mass is 679 g/mol. The lowest BCUT2D eigenvalue weighted by Crippen LogP contribution is -2.09. The van der Waals surface area contributed by atoms with Crippen LogP contribution in [0.15, 0.2) is 179 Å². The Hall–Kier alpha value is -7.05. The van der Waals surface area contributed by atoms with Gasteiger partial charge in [0.25, 0.3) is 0 Å². The number of oxazole rings is 2. The fourth-order valence-corrected chi connectivity index (χ4v) is 6.40. The van der Waals surface area contributed by atoms with Crippen LogP contribution in [0.4, 0.5) is 21.5 Å². The normalized spacial score (nSPS) is 13.2. The molecule has 0 radical (unpaired) electrons. The number of fused-ring (bicyclic) bond motifs is 4. The van der Waals surface area contributed by atoms with Gasteiger partial charge in [0.2, 0.25) is 11.8 Å². The van der Waals surface area contributed by atoms with E-state index in [0.29, 0.717) is 72.8 Å². The van der Waals surface area contributed by atoms with E-state index in [4.69, 9.17) is 10.2 Å². The van der Waals surface area contributed by atoms with Crippen molar-refractivity contribution in [1.82, 2.24) is 9.97 Å². The second kappa shape index (κ2) is 12.1. The van der Waals surface area contributed by atoms with Crippen molar-refractivity contribution in [3.63, 3.8) is 0 Å². The first-order valence-corrected chi connectivity index (χ1v) is 16.6. The van der Waals surface area contributed by atoms with Gasteiger partial charge in [0.1, 0.15) is 16.9 Å². The first kappa shape index (κ1) is 24.2. The molecule has 0 amide bonds. The average molecular weight is 680 g/mol. The summed E-state index contributed by atoms with van der Waals surface area (Å²) in [5, 5.41) is 1.14. The lowest BCUT2D eigenvalue weighted by molar-refractivity contribution is 0.619. The molecular weight excluding hydrogens is 646 g/mol. The van der Waals surface area contributed by atoms with Crippen LogP contribution in [0.1, 0.15) is 8.22 Å². The van der Waals surface area contributed by atoms with Crippen molar-refractivity contribution in [2.24, 2.45) is 0 Å². The smallest absolute Gasteiger partial charge is 0.227 e. The van der Waals surface area contributed by atoms with Gasteiger partial charge in [0.05, 0.1) is 8.22 Å². The molecular formula is C46H28FN3O2. The van der Waals surface area contributed by atoms with Gasteiger partial charge in [-0.1, -0.05) is 60.6 Å². The van der Waals surface area contributed by atoms with Crippen LogP contribution in [0.25, 0.3) is 77.8 Å². The van der Waals surface area contributed by atoms with E-state index in [1.807, 2.05) is 72.8 Å². The van der Waals surface area contributed by atoms with E-state index >= 15 is 0 Å². The third-order valence-electron chi connectivity index (χ3n) is 9.01. The second-order valence-electron chi connectivity index (χ2n) is 12.3. The molecule has 2 heterocycles. The molecule has 10 aromatic rings. The van der Waals surface area contributed by atoms with Crippen molar-refractivity contribution < 1.29 is 21.4 Å². The van der Waals surface area contributed by atoms with Gasteiger partial charge < -0.3 is 13.7 Å². The van der Waals surface area contributed by atoms with Crippen molar-refractivity contribution in [3.8, 4) is 34.0 Å². The molecule has 0 unspecified atom stereocenters. The van der Waals surface area contributed by atoms with E-state index in [9.17, 15) is 11.2 Å². The Bertz CT molecular complexity index is 3090. The standard InChI is InChI=1S/C46H28FN3O2/c47-37-19-13-33-25-31(9-11-35(33)27-37)32-10-12-36-28-40(24-18-34(36)26-32)50(38-20-14-29(15-21-38)45-48-41-5-1-3-7-43(41)51-45)39-22-16-30(17-23-39)46-49-42-6-2-4-8-44(42)52-46/h1-28H/i10D,12D,18D,24D,26D,28D. The largest absolute Gasteiger partial charge is 0.436 e. The number of para-hydroxylation sites is 4. The van der Waals surface area contributed by atoms with Crippen LogP contribution in [0, 0.1) is 5.82 Å². The predicted octanol–water partition coefficient (Wildman–Crippen LogP) is 12.9. The Balaban J connectivity index is 1.15. The molecule has 5 nitrogen and oxygen atoms in total. The molecule has 6 heteroatoms. The SMILES string of the molecule is [2H]c1c(N(c2ccc(-c3nc4ccccc4o3)cc2)c2ccc(-c3nc4ccccc4o3)cc2)c([2H])c2c([2H])c([2H])c(-c3ccc4cc(F)ccc4c3)c([2H])c2c1[2H]. The quantitative estimate of drug-likeness (QED) is 0.175. The molecule has 8 aromatic carbocycles. The summed E-state index contributed by atoms with van der Waals surface area (Å²) in [7, 11) is 0. The molecule has 0 atom stereocenters. The van der Waals surface area contributed by atoms with Crippen LogP contribution in [0.3, 0.4) is 0 Å². The summed E-state index contributed by atoms with van der Waals surface area (Å²) in [5.74, 6) is 0.445. The zero-order chi connectivity index (χ0) is 39.8. The number of aromatic nitrogens is 2. The maximum Gasteiger partial charge on any atom is 0.227 e. The molecule has 2 aromatic heterocycles. The van der Waals surface area contributed by atoms with Crippen LogP contribution < -0.4 is 4.90 Å². The number of nitrogens with zero attached hydrogens (tertiary/aromatic N) is 3. The van der Waals surface area contributed by atoms with E-state index in [1.165, 1.54) is 12.1 Å². The highest BCUT2D eigenvalue weighted by Gasteiger charge is 2.17. The van der Waals surface area contributed by atoms with Gasteiger partial charge in [0.15, 0.2) is 11.2 Å². The van der Waals surface area contributed by atoms with E-state index in [-0.39, 0.29) is 58.3 Å². The minimum absolute atomic E-state index is 0.00509. The third-order valence-corrected chi connectivity index (χ3v) is 9.01. The summed E-state index contributed by atoms with van der Waals surface area (Å²) in [5.41, 5.74) is 5.69. The van der Waals surface area contributed by atoms with Crippen molar-refractivity contribution in [3.05, 3.63) is 176 Å². The number of benzene rings is 8. The Morgan fingerprint density at radius 1 is 0.462 bits per heavy atom. The lowest BCUT2D eigenvalue weighted by Gasteiger charge is -2.26. The van der Waals surface area contributed by atoms with Crippen LogP contribution in [0.2, 0.25) is 0 Å². The third kappa shape index (κ3) is 5.34. The van der Waals surface area contributed by atoms with Crippen molar-refractivity contribution in [2.75, 3.05) is 4.90 Å². The van der Waals surface area contributed by atoms with Crippen molar-refractivity contribution in [1.29, 1.82) is 0 Å². The van der Waals surface area contributed by atoms with Gasteiger partial charge in [-0.15, -0.1) is 0 Å². The van der Waals surface area contributed by atoms with Gasteiger partial charge in [-0.2, -0.15) is 0 Å². The van der Waals surface area contributed by atoms with Crippen LogP contribution >= 0.6 is 0 Å². The fraction of sp³-hybridized carbons (Fsp3) is 0. The van der Waals surface area contributed by atoms with E-state index < -0.39 is 5.82 Å². The molecule has 0 bridgehead atoms. The Labute approximate surface area is 306 Å². The van der Waals surface area contributed by atoms with Crippen LogP contribution in [-0.2, 0) is 0 Å². The summed E-state index contributed by atoms with van der Waals surface area (Å²) in [6.07, 6.45) is 0. The summed E-state index contributed by atoms with van der Waals surface area (Å²) in [6, 6.07) is 36.9. The predicted molar refractivity (Wildman–Crippen MR) is 208 cm³/mol. The van der Waals surface area contributed by atoms with Crippen LogP contribution in [0.5, 0.6) is 0 Å². The molecule has 52 heavy (non-hydrogen) atoms. The van der Waals surface area contributed by atoms with E-state index in [1.54, 1.807) is 53.4 Å². The minimum atomic E-state index is -0.394. The fourth-order valence-electron chi connectivity index (χ4n) is 6.40. The van der Waals surface area contributed by atoms with Crippen molar-refractivity contribution in [2.45, 2.75) is 0 Å². The average Bonchev–Trinajstić information content (AvgIpc) is 3.88. The second-order valence-corrected chi connectivity index (χ2v) is 12.3. The highest BCUT2D eigenvalue weighted by atomic mass is 19.1. The highest BCUT2D eigenvalue weighted by molar-refractivity contribution is 5.94. The van der Waals surface area contributed by atoms with Gasteiger partial charge >= 0.3 is 0 Å². The Kier molecular flexibility index (Phi) is 5.61. The molecule has 0 spiro atoms. The zero-order valence-corrected chi connectivity index (χ0v) is 27.2. The van der Waals surface area contributed by atoms with Gasteiger partial charge in [0, 0.05) is 28.2 Å². The molecule has 246 valence electrons. The lowest BCUT2D eigenvalue weighted by atomic mass is 9.98. The van der Waals surface area contributed by atoms with Gasteiger partial charge in [-0.3, -0.25) is 0 Å². The summed E-state index contributed by atoms with van der Waals surface area (Å²) in [6.45, 7) is 0. The number of hydrogen-bond acceptors (Lipinski definition) is 5. The number of rotatable bonds is 6. The summed E-state index contributed by atoms with van der Waals surface area (Å²) < 4.78 is 81.9. The van der Waals surface area contributed by atoms with E-state index in [0.717, 1.165) is 0 Å². The van der Waals surface area contributed by atoms with Gasteiger partial charge in [-0.05, 0) is 142 Å². The Morgan fingerprint density at radius 2 is 1.00 bits per heavy atom. The molecule has 10 rings (SSSR count). The summed E-state index contributed by atoms with van der Waals surface area (Å²) >= 11 is 0. The van der Waals surface area contributed by atoms with E-state index in [2.05, 4.69) is 9.97 Å². The Morgan fingerprint density at radius 3 is 1.63 bits per heavy atom. The molecule has 0 aliphatic heterocycles. The number of halogens is 1. The van der Waals surface area contributed by atoms with Crippen molar-refractivity contribution >= 4 is 60.8 Å². The minimum Gasteiger partial charge on any atom is -0.436 e. The maximum atomic E-state index is 13.9. The maximum absolute atomic E-state index is 13.9. The molecule has 0 aliphatic carbocycles. The first-order valence-electron chi connectivity index (χ1n) is 19.6. The molecule has 0 saturated heterocycles. The van der Waals surface area contributed by atoms with Gasteiger partial charge in [-0.25, -0.2) is 14.4 Å². The molecule has 0 N–H and O–H groups in total.